The number of anilines is 1. The third-order valence-corrected chi connectivity index (χ3v) is 2.23. The molecule has 1 heterocycles. The second-order valence-corrected chi connectivity index (χ2v) is 3.98. The molecule has 8 heteroatoms. The quantitative estimate of drug-likeness (QED) is 0.734. The Morgan fingerprint density at radius 2 is 2.11 bits per heavy atom. The van der Waals surface area contributed by atoms with E-state index in [0.717, 1.165) is 4.68 Å². The molecule has 1 atom stereocenters. The van der Waals surface area contributed by atoms with Crippen LogP contribution in [0.5, 0.6) is 0 Å². The van der Waals surface area contributed by atoms with Crippen LogP contribution in [0.2, 0.25) is 0 Å². The zero-order valence-corrected chi connectivity index (χ0v) is 10.5. The number of esters is 1. The van der Waals surface area contributed by atoms with Crippen molar-refractivity contribution in [3.63, 3.8) is 0 Å². The highest BCUT2D eigenvalue weighted by molar-refractivity contribution is 5.92. The van der Waals surface area contributed by atoms with Gasteiger partial charge in [0.25, 0.3) is 0 Å². The summed E-state index contributed by atoms with van der Waals surface area (Å²) in [5, 5.41) is 16.2. The maximum atomic E-state index is 11.6. The van der Waals surface area contributed by atoms with Crippen LogP contribution in [-0.4, -0.2) is 38.1 Å². The summed E-state index contributed by atoms with van der Waals surface area (Å²) in [5.41, 5.74) is 5.50. The topological polar surface area (TPSA) is 120 Å². The molecule has 0 amide bonds. The first-order valence-electron chi connectivity index (χ1n) is 5.52. The van der Waals surface area contributed by atoms with Crippen LogP contribution in [0.4, 0.5) is 5.82 Å². The van der Waals surface area contributed by atoms with E-state index in [0.29, 0.717) is 0 Å². The molecule has 3 N–H and O–H groups in total. The van der Waals surface area contributed by atoms with E-state index in [1.54, 1.807) is 20.8 Å². The summed E-state index contributed by atoms with van der Waals surface area (Å²) in [6.07, 6.45) is -0.0369. The van der Waals surface area contributed by atoms with Gasteiger partial charge < -0.3 is 15.6 Å². The number of carbonyl (C=O) groups is 2. The first-order chi connectivity index (χ1) is 8.38. The average molecular weight is 256 g/mol. The van der Waals surface area contributed by atoms with Gasteiger partial charge in [-0.3, -0.25) is 0 Å². The van der Waals surface area contributed by atoms with Crippen LogP contribution in [0, 0.1) is 0 Å². The van der Waals surface area contributed by atoms with Gasteiger partial charge in [0.1, 0.15) is 0 Å². The molecule has 0 saturated carbocycles. The van der Waals surface area contributed by atoms with Crippen molar-refractivity contribution in [2.45, 2.75) is 39.3 Å². The first-order valence-corrected chi connectivity index (χ1v) is 5.52. The molecule has 0 aromatic carbocycles. The van der Waals surface area contributed by atoms with Crippen molar-refractivity contribution in [1.29, 1.82) is 0 Å². The fraction of sp³-hybridized carbons (Fsp3) is 0.600. The maximum Gasteiger partial charge on any atom is 0.363 e. The Morgan fingerprint density at radius 3 is 2.56 bits per heavy atom. The highest BCUT2D eigenvalue weighted by atomic mass is 16.5. The number of carboxylic acid groups (broad SMARTS) is 1. The van der Waals surface area contributed by atoms with Gasteiger partial charge in [-0.25, -0.2) is 14.3 Å². The molecule has 100 valence electrons. The smallest absolute Gasteiger partial charge is 0.363 e. The summed E-state index contributed by atoms with van der Waals surface area (Å²) in [4.78, 5) is 22.6. The van der Waals surface area contributed by atoms with Gasteiger partial charge in [0.15, 0.2) is 11.9 Å². The van der Waals surface area contributed by atoms with Crippen molar-refractivity contribution in [2.75, 3.05) is 5.73 Å². The molecule has 0 aliphatic heterocycles. The van der Waals surface area contributed by atoms with Crippen LogP contribution in [0.15, 0.2) is 0 Å². The SMILES string of the molecule is CCC(C(=O)O)n1nnc(C(=O)OC(C)C)c1N. The minimum atomic E-state index is -1.09. The average Bonchev–Trinajstić information content (AvgIpc) is 2.60. The lowest BCUT2D eigenvalue weighted by molar-refractivity contribution is -0.141. The Balaban J connectivity index is 3.03. The number of nitrogens with two attached hydrogens (primary N) is 1. The van der Waals surface area contributed by atoms with E-state index in [-0.39, 0.29) is 24.0 Å². The number of carboxylic acids is 1. The number of carbonyl (C=O) groups excluding carboxylic acids is 1. The largest absolute Gasteiger partial charge is 0.480 e. The second-order valence-electron chi connectivity index (χ2n) is 3.98. The predicted molar refractivity (Wildman–Crippen MR) is 61.9 cm³/mol. The van der Waals surface area contributed by atoms with Gasteiger partial charge in [-0.1, -0.05) is 12.1 Å². The number of hydrogen-bond donors (Lipinski definition) is 2. The first kappa shape index (κ1) is 13.9. The fourth-order valence-electron chi connectivity index (χ4n) is 1.40. The molecule has 0 aliphatic rings. The summed E-state index contributed by atoms with van der Waals surface area (Å²) in [5.74, 6) is -1.90. The summed E-state index contributed by atoms with van der Waals surface area (Å²) < 4.78 is 5.94. The second kappa shape index (κ2) is 5.48. The molecule has 0 fully saturated rings. The normalized spacial score (nSPS) is 12.4. The van der Waals surface area contributed by atoms with Crippen molar-refractivity contribution >= 4 is 17.8 Å². The predicted octanol–water partition coefficient (Wildman–Crippen LogP) is 0.461. The number of nitrogens with zero attached hydrogens (tertiary/aromatic N) is 3. The standard InChI is InChI=1S/C10H16N4O4/c1-4-6(9(15)16)14-8(11)7(12-13-14)10(17)18-5(2)3/h5-6H,4,11H2,1-3H3,(H,15,16). The molecule has 8 nitrogen and oxygen atoms in total. The van der Waals surface area contributed by atoms with E-state index in [1.165, 1.54) is 0 Å². The van der Waals surface area contributed by atoms with Crippen LogP contribution >= 0.6 is 0 Å². The van der Waals surface area contributed by atoms with Crippen molar-refractivity contribution in [3.8, 4) is 0 Å². The lowest BCUT2D eigenvalue weighted by atomic mass is 10.2. The number of nitrogen functional groups attached to an aromatic ring is 1. The monoisotopic (exact) mass is 256 g/mol. The molecule has 0 bridgehead atoms. The Kier molecular flexibility index (Phi) is 4.24. The summed E-state index contributed by atoms with van der Waals surface area (Å²) in [6, 6.07) is -0.946. The Hall–Kier alpha value is -2.12. The molecule has 0 radical (unpaired) electrons. The maximum absolute atomic E-state index is 11.6. The van der Waals surface area contributed by atoms with E-state index in [2.05, 4.69) is 10.3 Å². The fourth-order valence-corrected chi connectivity index (χ4v) is 1.40. The van der Waals surface area contributed by atoms with Crippen molar-refractivity contribution in [2.24, 2.45) is 0 Å². The van der Waals surface area contributed by atoms with E-state index in [1.807, 2.05) is 0 Å². The lowest BCUT2D eigenvalue weighted by Gasteiger charge is -2.11. The third-order valence-electron chi connectivity index (χ3n) is 2.23. The zero-order valence-electron chi connectivity index (χ0n) is 10.5. The Morgan fingerprint density at radius 1 is 1.50 bits per heavy atom. The summed E-state index contributed by atoms with van der Waals surface area (Å²) in [6.45, 7) is 5.04. The Labute approximate surface area is 104 Å². The highest BCUT2D eigenvalue weighted by Gasteiger charge is 2.26. The molecular weight excluding hydrogens is 240 g/mol. The van der Waals surface area contributed by atoms with Gasteiger partial charge in [-0.2, -0.15) is 0 Å². The van der Waals surface area contributed by atoms with Crippen LogP contribution in [0.1, 0.15) is 43.7 Å². The molecule has 0 spiro atoms. The van der Waals surface area contributed by atoms with Crippen LogP contribution in [0.25, 0.3) is 0 Å². The van der Waals surface area contributed by atoms with E-state index in [9.17, 15) is 9.59 Å². The van der Waals surface area contributed by atoms with Crippen molar-refractivity contribution in [3.05, 3.63) is 5.69 Å². The van der Waals surface area contributed by atoms with E-state index < -0.39 is 18.0 Å². The van der Waals surface area contributed by atoms with Gasteiger partial charge in [0, 0.05) is 0 Å². The number of hydrogen-bond acceptors (Lipinski definition) is 6. The van der Waals surface area contributed by atoms with E-state index >= 15 is 0 Å². The zero-order chi connectivity index (χ0) is 13.9. The molecule has 1 rings (SSSR count). The van der Waals surface area contributed by atoms with Crippen LogP contribution < -0.4 is 5.73 Å². The van der Waals surface area contributed by atoms with Gasteiger partial charge >= 0.3 is 11.9 Å². The molecular formula is C10H16N4O4. The van der Waals surface area contributed by atoms with Gasteiger partial charge in [-0.15, -0.1) is 5.10 Å². The number of aromatic nitrogens is 3. The lowest BCUT2D eigenvalue weighted by Crippen LogP contribution is -2.21. The van der Waals surface area contributed by atoms with Crippen LogP contribution in [-0.2, 0) is 9.53 Å². The summed E-state index contributed by atoms with van der Waals surface area (Å²) in [7, 11) is 0. The van der Waals surface area contributed by atoms with E-state index in [4.69, 9.17) is 15.6 Å². The number of aliphatic carboxylic acids is 1. The summed E-state index contributed by atoms with van der Waals surface area (Å²) >= 11 is 0. The van der Waals surface area contributed by atoms with Crippen molar-refractivity contribution < 1.29 is 19.4 Å². The van der Waals surface area contributed by atoms with Gasteiger partial charge in [0.2, 0.25) is 5.69 Å². The molecule has 1 aromatic rings. The van der Waals surface area contributed by atoms with Crippen LogP contribution in [0.3, 0.4) is 0 Å². The minimum Gasteiger partial charge on any atom is -0.480 e. The number of ether oxygens (including phenoxy) is 1. The molecule has 0 aliphatic carbocycles. The molecule has 1 aromatic heterocycles. The molecule has 1 unspecified atom stereocenters. The number of rotatable bonds is 5. The van der Waals surface area contributed by atoms with Crippen molar-refractivity contribution in [1.82, 2.24) is 15.0 Å². The van der Waals surface area contributed by atoms with Gasteiger partial charge in [-0.05, 0) is 20.3 Å². The third kappa shape index (κ3) is 2.76. The van der Waals surface area contributed by atoms with Gasteiger partial charge in [0.05, 0.1) is 6.10 Å². The Bertz CT molecular complexity index is 455. The molecule has 18 heavy (non-hydrogen) atoms. The minimum absolute atomic E-state index is 0.102. The highest BCUT2D eigenvalue weighted by Crippen LogP contribution is 2.18. The molecule has 0 saturated heterocycles.